The number of carboxylic acid groups (broad SMARTS) is 2. The lowest BCUT2D eigenvalue weighted by Crippen LogP contribution is -2.49. The number of hydrogen-bond donors (Lipinski definition) is 4. The molecule has 1 fully saturated rings. The molecule has 0 aromatic heterocycles. The van der Waals surface area contributed by atoms with Crippen molar-refractivity contribution < 1.29 is 29.4 Å². The van der Waals surface area contributed by atoms with Gasteiger partial charge in [-0.2, -0.15) is 0 Å². The lowest BCUT2D eigenvalue weighted by Gasteiger charge is -2.10. The molecule has 2 amide bonds. The first-order chi connectivity index (χ1) is 7.27. The van der Waals surface area contributed by atoms with Gasteiger partial charge in [0.1, 0.15) is 0 Å². The number of carbonyl (C=O) groups excluding carboxylic acids is 2. The molecule has 0 atom stereocenters. The molecule has 1 heterocycles. The van der Waals surface area contributed by atoms with Gasteiger partial charge in [-0.25, -0.2) is 0 Å². The maximum absolute atomic E-state index is 10.3. The zero-order valence-corrected chi connectivity index (χ0v) is 8.94. The van der Waals surface area contributed by atoms with E-state index in [0.29, 0.717) is 13.1 Å². The van der Waals surface area contributed by atoms with Crippen molar-refractivity contribution in [2.45, 2.75) is 13.8 Å². The molecule has 16 heavy (non-hydrogen) atoms. The lowest BCUT2D eigenvalue weighted by atomic mass is 10.4. The maximum atomic E-state index is 10.3. The van der Waals surface area contributed by atoms with E-state index in [1.165, 1.54) is 0 Å². The maximum Gasteiger partial charge on any atom is 0.309 e. The molecule has 92 valence electrons. The van der Waals surface area contributed by atoms with Crippen molar-refractivity contribution in [2.24, 2.45) is 0 Å². The van der Waals surface area contributed by atoms with Crippen molar-refractivity contribution in [3.8, 4) is 0 Å². The smallest absolute Gasteiger partial charge is 0.309 e. The molecule has 1 aliphatic heterocycles. The fourth-order valence-electron chi connectivity index (χ4n) is 0.513. The zero-order chi connectivity index (χ0) is 13.1. The first-order valence-electron chi connectivity index (χ1n) is 4.22. The van der Waals surface area contributed by atoms with Gasteiger partial charge in [0.15, 0.2) is 0 Å². The van der Waals surface area contributed by atoms with Crippen LogP contribution in [0.15, 0.2) is 0 Å². The minimum atomic E-state index is -0.833. The molecule has 1 saturated heterocycles. The highest BCUT2D eigenvalue weighted by Gasteiger charge is 2.15. The van der Waals surface area contributed by atoms with Gasteiger partial charge in [-0.05, 0) is 0 Å². The van der Waals surface area contributed by atoms with E-state index in [9.17, 15) is 9.59 Å². The molecule has 1 aliphatic rings. The second-order valence-electron chi connectivity index (χ2n) is 2.55. The molecule has 0 aromatic rings. The Bertz CT molecular complexity index is 240. The molecule has 0 spiro atoms. The molecule has 0 saturated carbocycles. The number of hydrogen-bond acceptors (Lipinski definition) is 4. The zero-order valence-electron chi connectivity index (χ0n) is 8.94. The monoisotopic (exact) mass is 234 g/mol. The van der Waals surface area contributed by atoms with Crippen LogP contribution in [0.25, 0.3) is 0 Å². The van der Waals surface area contributed by atoms with Crippen molar-refractivity contribution in [2.75, 3.05) is 13.1 Å². The lowest BCUT2D eigenvalue weighted by molar-refractivity contribution is -0.140. The third-order valence-electron chi connectivity index (χ3n) is 0.902. The van der Waals surface area contributed by atoms with Crippen LogP contribution in [0.4, 0.5) is 0 Å². The van der Waals surface area contributed by atoms with Crippen molar-refractivity contribution in [3.63, 3.8) is 0 Å². The number of carbonyl (C=O) groups is 4. The van der Waals surface area contributed by atoms with Crippen molar-refractivity contribution in [3.05, 3.63) is 0 Å². The van der Waals surface area contributed by atoms with Crippen LogP contribution in [-0.2, 0) is 19.2 Å². The summed E-state index contributed by atoms with van der Waals surface area (Å²) in [4.78, 5) is 38.5. The Hall–Kier alpha value is -2.12. The van der Waals surface area contributed by atoms with Gasteiger partial charge in [0, 0.05) is 26.9 Å². The topological polar surface area (TPSA) is 133 Å². The van der Waals surface area contributed by atoms with Crippen LogP contribution in [0.3, 0.4) is 0 Å². The van der Waals surface area contributed by atoms with Gasteiger partial charge in [0.2, 0.25) is 0 Å². The van der Waals surface area contributed by atoms with Crippen LogP contribution in [0.1, 0.15) is 13.8 Å². The number of carboxylic acids is 2. The Labute approximate surface area is 91.6 Å². The Morgan fingerprint density at radius 3 is 1.25 bits per heavy atom. The fourth-order valence-corrected chi connectivity index (χ4v) is 0.513. The first-order valence-corrected chi connectivity index (χ1v) is 4.22. The number of piperazine rings is 1. The SMILES string of the molecule is CC(=O)O.CC(=O)O.O=C1NCCNC1=O. The summed E-state index contributed by atoms with van der Waals surface area (Å²) < 4.78 is 0. The Morgan fingerprint density at radius 1 is 0.938 bits per heavy atom. The third-order valence-corrected chi connectivity index (χ3v) is 0.902. The quantitative estimate of drug-likeness (QED) is 0.374. The average Bonchev–Trinajstić information content (AvgIpc) is 2.08. The highest BCUT2D eigenvalue weighted by Crippen LogP contribution is 1.73. The molecule has 0 radical (unpaired) electrons. The number of rotatable bonds is 0. The second kappa shape index (κ2) is 9.44. The van der Waals surface area contributed by atoms with Crippen molar-refractivity contribution in [1.82, 2.24) is 10.6 Å². The summed E-state index contributed by atoms with van der Waals surface area (Å²) in [5.74, 6) is -2.73. The summed E-state index contributed by atoms with van der Waals surface area (Å²) in [5, 5.41) is 19.6. The van der Waals surface area contributed by atoms with Gasteiger partial charge in [-0.15, -0.1) is 0 Å². The summed E-state index contributed by atoms with van der Waals surface area (Å²) >= 11 is 0. The van der Waals surface area contributed by atoms with Crippen LogP contribution >= 0.6 is 0 Å². The molecular formula is C8H14N2O6. The predicted octanol–water partition coefficient (Wildman–Crippen LogP) is -1.59. The van der Waals surface area contributed by atoms with E-state index in [-0.39, 0.29) is 0 Å². The van der Waals surface area contributed by atoms with Crippen LogP contribution in [0.5, 0.6) is 0 Å². The highest BCUT2D eigenvalue weighted by molar-refractivity contribution is 6.35. The van der Waals surface area contributed by atoms with Crippen LogP contribution in [0.2, 0.25) is 0 Å². The van der Waals surface area contributed by atoms with Crippen molar-refractivity contribution >= 4 is 23.8 Å². The van der Waals surface area contributed by atoms with E-state index in [0.717, 1.165) is 13.8 Å². The molecule has 0 aromatic carbocycles. The Balaban J connectivity index is 0. The second-order valence-corrected chi connectivity index (χ2v) is 2.55. The normalized spacial score (nSPS) is 12.9. The van der Waals surface area contributed by atoms with E-state index < -0.39 is 23.8 Å². The number of nitrogens with one attached hydrogen (secondary N) is 2. The molecular weight excluding hydrogens is 220 g/mol. The van der Waals surface area contributed by atoms with Gasteiger partial charge in [-0.1, -0.05) is 0 Å². The molecule has 8 nitrogen and oxygen atoms in total. The number of amides is 2. The minimum absolute atomic E-state index is 0.531. The van der Waals surface area contributed by atoms with Crippen LogP contribution in [0, 0.1) is 0 Å². The van der Waals surface area contributed by atoms with E-state index in [2.05, 4.69) is 10.6 Å². The van der Waals surface area contributed by atoms with E-state index in [4.69, 9.17) is 19.8 Å². The van der Waals surface area contributed by atoms with E-state index in [1.807, 2.05) is 0 Å². The predicted molar refractivity (Wildman–Crippen MR) is 52.6 cm³/mol. The van der Waals surface area contributed by atoms with Crippen molar-refractivity contribution in [1.29, 1.82) is 0 Å². The minimum Gasteiger partial charge on any atom is -0.481 e. The largest absolute Gasteiger partial charge is 0.481 e. The van der Waals surface area contributed by atoms with E-state index in [1.54, 1.807) is 0 Å². The molecule has 1 rings (SSSR count). The van der Waals surface area contributed by atoms with Gasteiger partial charge >= 0.3 is 11.8 Å². The fraction of sp³-hybridized carbons (Fsp3) is 0.500. The average molecular weight is 234 g/mol. The molecule has 0 aliphatic carbocycles. The highest BCUT2D eigenvalue weighted by atomic mass is 16.4. The van der Waals surface area contributed by atoms with Crippen LogP contribution in [-0.4, -0.2) is 47.1 Å². The number of aliphatic carboxylic acids is 2. The first kappa shape index (κ1) is 16.3. The van der Waals surface area contributed by atoms with E-state index >= 15 is 0 Å². The standard InChI is InChI=1S/C4H6N2O2.2C2H4O2/c7-3-4(8)6-2-1-5-3;2*1-2(3)4/h1-2H2,(H,5,7)(H,6,8);2*1H3,(H,3,4). The Morgan fingerprint density at radius 2 is 1.12 bits per heavy atom. The molecule has 4 N–H and O–H groups in total. The summed E-state index contributed by atoms with van der Waals surface area (Å²) in [6.45, 7) is 3.26. The molecule has 0 bridgehead atoms. The summed E-state index contributed by atoms with van der Waals surface area (Å²) in [6, 6.07) is 0. The third kappa shape index (κ3) is 17.8. The summed E-state index contributed by atoms with van der Waals surface area (Å²) in [7, 11) is 0. The molecule has 8 heteroatoms. The molecule has 0 unspecified atom stereocenters. The van der Waals surface area contributed by atoms with Gasteiger partial charge in [-0.3, -0.25) is 19.2 Å². The van der Waals surface area contributed by atoms with Gasteiger partial charge in [0.05, 0.1) is 0 Å². The Kier molecular flexibility index (Phi) is 9.62. The summed E-state index contributed by atoms with van der Waals surface area (Å²) in [6.07, 6.45) is 0. The van der Waals surface area contributed by atoms with Gasteiger partial charge in [0.25, 0.3) is 11.9 Å². The van der Waals surface area contributed by atoms with Crippen LogP contribution < -0.4 is 10.6 Å². The summed E-state index contributed by atoms with van der Waals surface area (Å²) in [5.41, 5.74) is 0. The van der Waals surface area contributed by atoms with Gasteiger partial charge < -0.3 is 20.8 Å².